The molecule has 2 rings (SSSR count). The van der Waals surface area contributed by atoms with E-state index in [1.807, 2.05) is 11.8 Å². The summed E-state index contributed by atoms with van der Waals surface area (Å²) >= 11 is 13.8. The van der Waals surface area contributed by atoms with Gasteiger partial charge in [-0.1, -0.05) is 23.2 Å². The lowest BCUT2D eigenvalue weighted by molar-refractivity contribution is 0.106. The van der Waals surface area contributed by atoms with Gasteiger partial charge in [0.15, 0.2) is 0 Å². The van der Waals surface area contributed by atoms with Gasteiger partial charge in [0.05, 0.1) is 5.02 Å². The zero-order valence-electron chi connectivity index (χ0n) is 11.4. The van der Waals surface area contributed by atoms with Crippen molar-refractivity contribution in [2.45, 2.75) is 23.7 Å². The van der Waals surface area contributed by atoms with Crippen molar-refractivity contribution in [2.24, 2.45) is 0 Å². The lowest BCUT2D eigenvalue weighted by Gasteiger charge is -2.17. The molecule has 1 aromatic carbocycles. The molecule has 1 aromatic rings. The summed E-state index contributed by atoms with van der Waals surface area (Å²) in [4.78, 5) is 0. The Morgan fingerprint density at radius 2 is 2.20 bits per heavy atom. The van der Waals surface area contributed by atoms with E-state index in [-0.39, 0.29) is 6.61 Å². The third-order valence-electron chi connectivity index (χ3n) is 3.39. The highest BCUT2D eigenvalue weighted by atomic mass is 35.5. The van der Waals surface area contributed by atoms with Crippen LogP contribution >= 0.6 is 35.0 Å². The Kier molecular flexibility index (Phi) is 5.87. The largest absolute Gasteiger partial charge is 0.489 e. The molecule has 1 unspecified atom stereocenters. The Morgan fingerprint density at radius 3 is 2.85 bits per heavy atom. The fraction of sp³-hybridized carbons (Fsp3) is 0.571. The minimum Gasteiger partial charge on any atom is -0.489 e. The lowest BCUT2D eigenvalue weighted by Crippen LogP contribution is -2.35. The van der Waals surface area contributed by atoms with Crippen LogP contribution in [0.1, 0.15) is 12.8 Å². The molecule has 0 aliphatic heterocycles. The average Bonchev–Trinajstić information content (AvgIpc) is 3.20. The quantitative estimate of drug-likeness (QED) is 0.765. The van der Waals surface area contributed by atoms with Crippen LogP contribution in [0.3, 0.4) is 0 Å². The molecule has 1 aliphatic carbocycles. The fourth-order valence-corrected chi connectivity index (χ4v) is 2.98. The van der Waals surface area contributed by atoms with E-state index >= 15 is 0 Å². The minimum atomic E-state index is -0.567. The summed E-state index contributed by atoms with van der Waals surface area (Å²) in [6.07, 6.45) is 4.08. The van der Waals surface area contributed by atoms with E-state index in [1.165, 1.54) is 12.8 Å². The number of halogens is 2. The van der Waals surface area contributed by atoms with Gasteiger partial charge in [-0.25, -0.2) is 0 Å². The van der Waals surface area contributed by atoms with E-state index in [2.05, 4.69) is 11.6 Å². The monoisotopic (exact) mass is 335 g/mol. The van der Waals surface area contributed by atoms with Gasteiger partial charge < -0.3 is 15.2 Å². The van der Waals surface area contributed by atoms with E-state index in [1.54, 1.807) is 18.2 Å². The predicted octanol–water partition coefficient (Wildman–Crippen LogP) is 3.22. The summed E-state index contributed by atoms with van der Waals surface area (Å²) in [5.41, 5.74) is 0. The molecule has 0 spiro atoms. The van der Waals surface area contributed by atoms with Crippen molar-refractivity contribution in [1.82, 2.24) is 5.32 Å². The molecular formula is C14H19Cl2NO2S. The molecule has 1 saturated carbocycles. The molecule has 20 heavy (non-hydrogen) atoms. The van der Waals surface area contributed by atoms with Crippen molar-refractivity contribution in [3.05, 3.63) is 28.2 Å². The van der Waals surface area contributed by atoms with Crippen molar-refractivity contribution >= 4 is 35.0 Å². The maximum atomic E-state index is 9.89. The normalized spacial score (nSPS) is 17.8. The van der Waals surface area contributed by atoms with Crippen LogP contribution in [0.4, 0.5) is 0 Å². The molecule has 0 heterocycles. The van der Waals surface area contributed by atoms with E-state index in [4.69, 9.17) is 27.9 Å². The summed E-state index contributed by atoms with van der Waals surface area (Å²) in [5.74, 6) is 0.501. The first-order chi connectivity index (χ1) is 9.54. The number of aliphatic hydroxyl groups is 1. The van der Waals surface area contributed by atoms with Gasteiger partial charge in [0.1, 0.15) is 18.5 Å². The summed E-state index contributed by atoms with van der Waals surface area (Å²) in [7, 11) is 0. The summed E-state index contributed by atoms with van der Waals surface area (Å²) in [5, 5.41) is 14.2. The third kappa shape index (κ3) is 4.71. The number of rotatable bonds is 8. The molecule has 0 saturated heterocycles. The van der Waals surface area contributed by atoms with E-state index in [9.17, 15) is 5.11 Å². The van der Waals surface area contributed by atoms with E-state index < -0.39 is 6.10 Å². The van der Waals surface area contributed by atoms with E-state index in [0.717, 1.165) is 6.54 Å². The second-order valence-electron chi connectivity index (χ2n) is 5.06. The van der Waals surface area contributed by atoms with Crippen LogP contribution in [0, 0.1) is 0 Å². The smallest absolute Gasteiger partial charge is 0.139 e. The minimum absolute atomic E-state index is 0.194. The zero-order valence-corrected chi connectivity index (χ0v) is 13.7. The van der Waals surface area contributed by atoms with Gasteiger partial charge >= 0.3 is 0 Å². The topological polar surface area (TPSA) is 41.5 Å². The molecule has 0 bridgehead atoms. The number of aliphatic hydroxyl groups excluding tert-OH is 1. The first-order valence-corrected chi connectivity index (χ1v) is 8.54. The van der Waals surface area contributed by atoms with Crippen LogP contribution in [-0.2, 0) is 0 Å². The molecule has 0 amide bonds. The van der Waals surface area contributed by atoms with Crippen LogP contribution in [-0.4, -0.2) is 41.9 Å². The van der Waals surface area contributed by atoms with Crippen LogP contribution in [0.15, 0.2) is 18.2 Å². The fourth-order valence-electron chi connectivity index (χ4n) is 1.89. The Bertz CT molecular complexity index is 455. The molecule has 0 radical (unpaired) electrons. The number of hydrogen-bond acceptors (Lipinski definition) is 4. The van der Waals surface area contributed by atoms with Crippen molar-refractivity contribution in [3.63, 3.8) is 0 Å². The van der Waals surface area contributed by atoms with Gasteiger partial charge in [-0.3, -0.25) is 0 Å². The summed E-state index contributed by atoms with van der Waals surface area (Å²) in [6.45, 7) is 1.64. The second kappa shape index (κ2) is 7.23. The average molecular weight is 336 g/mol. The Hall–Kier alpha value is -0.130. The van der Waals surface area contributed by atoms with Crippen LogP contribution in [0.25, 0.3) is 0 Å². The standard InChI is InChI=1S/C14H19Cl2NO2S/c1-20-14(4-5-14)9-17-7-11(18)8-19-13-6-10(15)2-3-12(13)16/h2-3,6,11,17-18H,4-5,7-9H2,1H3. The van der Waals surface area contributed by atoms with Gasteiger partial charge in [0, 0.05) is 28.9 Å². The molecule has 0 aromatic heterocycles. The van der Waals surface area contributed by atoms with Crippen LogP contribution in [0.5, 0.6) is 5.75 Å². The Labute approximate surface area is 134 Å². The molecule has 1 atom stereocenters. The van der Waals surface area contributed by atoms with Crippen molar-refractivity contribution in [2.75, 3.05) is 26.0 Å². The molecule has 1 aliphatic rings. The zero-order chi connectivity index (χ0) is 14.6. The predicted molar refractivity (Wildman–Crippen MR) is 86.3 cm³/mol. The Morgan fingerprint density at radius 1 is 1.45 bits per heavy atom. The van der Waals surface area contributed by atoms with Gasteiger partial charge in [0.25, 0.3) is 0 Å². The van der Waals surface area contributed by atoms with Gasteiger partial charge in [-0.05, 0) is 31.2 Å². The highest BCUT2D eigenvalue weighted by Gasteiger charge is 2.41. The van der Waals surface area contributed by atoms with Crippen molar-refractivity contribution < 1.29 is 9.84 Å². The molecule has 6 heteroatoms. The summed E-state index contributed by atoms with van der Waals surface area (Å²) in [6, 6.07) is 5.03. The SMILES string of the molecule is CSC1(CNCC(O)COc2cc(Cl)ccc2Cl)CC1. The maximum absolute atomic E-state index is 9.89. The number of benzene rings is 1. The lowest BCUT2D eigenvalue weighted by atomic mass is 10.3. The van der Waals surface area contributed by atoms with Crippen LogP contribution in [0.2, 0.25) is 10.0 Å². The van der Waals surface area contributed by atoms with Gasteiger partial charge in [0.2, 0.25) is 0 Å². The molecule has 2 N–H and O–H groups in total. The van der Waals surface area contributed by atoms with Crippen LogP contribution < -0.4 is 10.1 Å². The number of nitrogens with one attached hydrogen (secondary N) is 1. The Balaban J connectivity index is 1.69. The van der Waals surface area contributed by atoms with E-state index in [0.29, 0.717) is 27.1 Å². The molecule has 1 fully saturated rings. The number of hydrogen-bond donors (Lipinski definition) is 2. The molecule has 112 valence electrons. The second-order valence-corrected chi connectivity index (χ2v) is 7.18. The maximum Gasteiger partial charge on any atom is 0.139 e. The highest BCUT2D eigenvalue weighted by molar-refractivity contribution is 8.00. The van der Waals surface area contributed by atoms with Crippen molar-refractivity contribution in [1.29, 1.82) is 0 Å². The van der Waals surface area contributed by atoms with Gasteiger partial charge in [-0.15, -0.1) is 0 Å². The molecule has 3 nitrogen and oxygen atoms in total. The van der Waals surface area contributed by atoms with Gasteiger partial charge in [-0.2, -0.15) is 11.8 Å². The number of thioether (sulfide) groups is 1. The number of ether oxygens (including phenoxy) is 1. The first-order valence-electron chi connectivity index (χ1n) is 6.56. The highest BCUT2D eigenvalue weighted by Crippen LogP contribution is 2.46. The third-order valence-corrected chi connectivity index (χ3v) is 5.36. The summed E-state index contributed by atoms with van der Waals surface area (Å²) < 4.78 is 5.89. The molecular weight excluding hydrogens is 317 g/mol. The van der Waals surface area contributed by atoms with Crippen molar-refractivity contribution in [3.8, 4) is 5.75 Å². The first kappa shape index (κ1) is 16.2.